The van der Waals surface area contributed by atoms with E-state index in [4.69, 9.17) is 4.74 Å². The molecule has 1 aliphatic heterocycles. The van der Waals surface area contributed by atoms with Gasteiger partial charge in [-0.05, 0) is 58.4 Å². The average Bonchev–Trinajstić information content (AvgIpc) is 3.16. The van der Waals surface area contributed by atoms with Crippen LogP contribution >= 0.6 is 15.9 Å². The molecular formula is C18H25BrN4O. The molecule has 5 nitrogen and oxygen atoms in total. The lowest BCUT2D eigenvalue weighted by Crippen LogP contribution is -2.24. The highest BCUT2D eigenvalue weighted by molar-refractivity contribution is 9.10. The summed E-state index contributed by atoms with van der Waals surface area (Å²) in [5, 5.41) is 8.65. The van der Waals surface area contributed by atoms with E-state index in [-0.39, 0.29) is 5.54 Å². The van der Waals surface area contributed by atoms with Crippen molar-refractivity contribution < 1.29 is 4.74 Å². The molecule has 2 heterocycles. The van der Waals surface area contributed by atoms with Gasteiger partial charge < -0.3 is 4.74 Å². The Morgan fingerprint density at radius 3 is 2.79 bits per heavy atom. The summed E-state index contributed by atoms with van der Waals surface area (Å²) in [6, 6.07) is 6.59. The second kappa shape index (κ2) is 6.84. The highest BCUT2D eigenvalue weighted by atomic mass is 79.9. The van der Waals surface area contributed by atoms with Gasteiger partial charge in [0.15, 0.2) is 0 Å². The molecule has 24 heavy (non-hydrogen) atoms. The zero-order valence-electron chi connectivity index (χ0n) is 14.8. The lowest BCUT2D eigenvalue weighted by atomic mass is 10.0. The highest BCUT2D eigenvalue weighted by Gasteiger charge is 2.29. The molecule has 6 heteroatoms. The lowest BCUT2D eigenvalue weighted by Gasteiger charge is -2.25. The summed E-state index contributed by atoms with van der Waals surface area (Å²) in [7, 11) is 1.74. The van der Waals surface area contributed by atoms with E-state index in [1.807, 2.05) is 16.8 Å². The first-order valence-corrected chi connectivity index (χ1v) is 9.17. The summed E-state index contributed by atoms with van der Waals surface area (Å²) in [5.74, 6) is 0.952. The third-order valence-electron chi connectivity index (χ3n) is 4.51. The van der Waals surface area contributed by atoms with Crippen LogP contribution in [0.5, 0.6) is 5.75 Å². The van der Waals surface area contributed by atoms with Crippen molar-refractivity contribution >= 4 is 15.9 Å². The molecule has 1 unspecified atom stereocenters. The molecule has 1 saturated heterocycles. The van der Waals surface area contributed by atoms with E-state index >= 15 is 0 Å². The van der Waals surface area contributed by atoms with Crippen LogP contribution < -0.4 is 4.74 Å². The van der Waals surface area contributed by atoms with Crippen molar-refractivity contribution in [3.8, 4) is 5.75 Å². The number of likely N-dealkylation sites (tertiary alicyclic amines) is 1. The van der Waals surface area contributed by atoms with Crippen molar-refractivity contribution in [2.24, 2.45) is 0 Å². The van der Waals surface area contributed by atoms with Gasteiger partial charge in [0, 0.05) is 22.6 Å². The van der Waals surface area contributed by atoms with Gasteiger partial charge in [0.25, 0.3) is 0 Å². The molecule has 1 aromatic carbocycles. The molecule has 1 atom stereocenters. The summed E-state index contributed by atoms with van der Waals surface area (Å²) in [6.45, 7) is 8.29. The Balaban J connectivity index is 1.81. The van der Waals surface area contributed by atoms with Gasteiger partial charge in [0.05, 0.1) is 24.5 Å². The number of halogens is 1. The predicted molar refractivity (Wildman–Crippen MR) is 98.1 cm³/mol. The number of hydrogen-bond acceptors (Lipinski definition) is 4. The van der Waals surface area contributed by atoms with E-state index in [2.05, 4.69) is 64.2 Å². The lowest BCUT2D eigenvalue weighted by molar-refractivity contribution is 0.240. The van der Waals surface area contributed by atoms with Crippen LogP contribution in [-0.4, -0.2) is 33.5 Å². The molecule has 1 aliphatic rings. The molecular weight excluding hydrogens is 368 g/mol. The standard InChI is InChI=1S/C18H25BrN4O/c1-18(2,3)23-12-14(20-21-23)11-22-9-5-6-16(22)15-10-13(19)7-8-17(15)24-4/h7-8,10,12,16H,5-6,9,11H2,1-4H3. The highest BCUT2D eigenvalue weighted by Crippen LogP contribution is 2.39. The van der Waals surface area contributed by atoms with E-state index in [0.717, 1.165) is 35.4 Å². The van der Waals surface area contributed by atoms with Gasteiger partial charge in [0.2, 0.25) is 0 Å². The maximum absolute atomic E-state index is 5.58. The zero-order chi connectivity index (χ0) is 17.3. The molecule has 3 rings (SSSR count). The van der Waals surface area contributed by atoms with Crippen molar-refractivity contribution in [3.05, 3.63) is 40.1 Å². The molecule has 130 valence electrons. The van der Waals surface area contributed by atoms with Gasteiger partial charge in [-0.1, -0.05) is 21.1 Å². The summed E-state index contributed by atoms with van der Waals surface area (Å²) >= 11 is 3.58. The van der Waals surface area contributed by atoms with Crippen molar-refractivity contribution in [3.63, 3.8) is 0 Å². The quantitative estimate of drug-likeness (QED) is 0.783. The second-order valence-electron chi connectivity index (χ2n) is 7.34. The fourth-order valence-electron chi connectivity index (χ4n) is 3.24. The second-order valence-corrected chi connectivity index (χ2v) is 8.26. The molecule has 0 spiro atoms. The SMILES string of the molecule is COc1ccc(Br)cc1C1CCCN1Cc1cn(C(C)(C)C)nn1. The van der Waals surface area contributed by atoms with Crippen molar-refractivity contribution in [1.82, 2.24) is 19.9 Å². The number of aromatic nitrogens is 3. The van der Waals surface area contributed by atoms with Crippen LogP contribution in [0.25, 0.3) is 0 Å². The maximum atomic E-state index is 5.58. The number of hydrogen-bond donors (Lipinski definition) is 0. The van der Waals surface area contributed by atoms with Crippen LogP contribution in [0.2, 0.25) is 0 Å². The first-order valence-electron chi connectivity index (χ1n) is 8.37. The van der Waals surface area contributed by atoms with Gasteiger partial charge >= 0.3 is 0 Å². The monoisotopic (exact) mass is 392 g/mol. The van der Waals surface area contributed by atoms with Gasteiger partial charge in [0.1, 0.15) is 5.75 Å². The number of nitrogens with zero attached hydrogens (tertiary/aromatic N) is 4. The fourth-order valence-corrected chi connectivity index (χ4v) is 3.62. The minimum Gasteiger partial charge on any atom is -0.496 e. The largest absolute Gasteiger partial charge is 0.496 e. The molecule has 0 saturated carbocycles. The minimum absolute atomic E-state index is 0.0385. The maximum Gasteiger partial charge on any atom is 0.123 e. The van der Waals surface area contributed by atoms with E-state index in [1.165, 1.54) is 12.0 Å². The van der Waals surface area contributed by atoms with Crippen LogP contribution in [0.1, 0.15) is 50.9 Å². The molecule has 2 aromatic rings. The van der Waals surface area contributed by atoms with Crippen LogP contribution in [0, 0.1) is 0 Å². The first-order chi connectivity index (χ1) is 11.4. The van der Waals surface area contributed by atoms with Gasteiger partial charge in [-0.2, -0.15) is 0 Å². The van der Waals surface area contributed by atoms with E-state index < -0.39 is 0 Å². The Morgan fingerprint density at radius 2 is 2.12 bits per heavy atom. The van der Waals surface area contributed by atoms with E-state index in [1.54, 1.807) is 7.11 Å². The fraction of sp³-hybridized carbons (Fsp3) is 0.556. The number of benzene rings is 1. The van der Waals surface area contributed by atoms with Gasteiger partial charge in [-0.15, -0.1) is 5.10 Å². The molecule has 0 amide bonds. The number of rotatable bonds is 4. The summed E-state index contributed by atoms with van der Waals surface area (Å²) < 4.78 is 8.60. The third-order valence-corrected chi connectivity index (χ3v) is 5.00. The first kappa shape index (κ1) is 17.4. The molecule has 1 aromatic heterocycles. The number of methoxy groups -OCH3 is 1. The predicted octanol–water partition coefficient (Wildman–Crippen LogP) is 4.14. The molecule has 1 fully saturated rings. The summed E-state index contributed by atoms with van der Waals surface area (Å²) in [6.07, 6.45) is 4.39. The van der Waals surface area contributed by atoms with Gasteiger partial charge in [-0.3, -0.25) is 4.90 Å². The topological polar surface area (TPSA) is 43.2 Å². The zero-order valence-corrected chi connectivity index (χ0v) is 16.4. The molecule has 0 radical (unpaired) electrons. The van der Waals surface area contributed by atoms with Crippen molar-refractivity contribution in [2.45, 2.75) is 51.7 Å². The third kappa shape index (κ3) is 3.64. The molecule has 0 bridgehead atoms. The normalized spacial score (nSPS) is 19.0. The minimum atomic E-state index is -0.0385. The summed E-state index contributed by atoms with van der Waals surface area (Å²) in [5.41, 5.74) is 2.22. The Kier molecular flexibility index (Phi) is 4.97. The Bertz CT molecular complexity index is 707. The van der Waals surface area contributed by atoms with Crippen molar-refractivity contribution in [1.29, 1.82) is 0 Å². The summed E-state index contributed by atoms with van der Waals surface area (Å²) in [4.78, 5) is 2.47. The van der Waals surface area contributed by atoms with Gasteiger partial charge in [-0.25, -0.2) is 4.68 Å². The Hall–Kier alpha value is -1.40. The smallest absolute Gasteiger partial charge is 0.123 e. The van der Waals surface area contributed by atoms with E-state index in [0.29, 0.717) is 6.04 Å². The van der Waals surface area contributed by atoms with Crippen molar-refractivity contribution in [2.75, 3.05) is 13.7 Å². The molecule has 0 N–H and O–H groups in total. The Labute approximate surface area is 152 Å². The van der Waals surface area contributed by atoms with Crippen LogP contribution in [0.4, 0.5) is 0 Å². The average molecular weight is 393 g/mol. The van der Waals surface area contributed by atoms with Crippen LogP contribution in [0.3, 0.4) is 0 Å². The van der Waals surface area contributed by atoms with Crippen LogP contribution in [0.15, 0.2) is 28.9 Å². The van der Waals surface area contributed by atoms with E-state index in [9.17, 15) is 0 Å². The Morgan fingerprint density at radius 1 is 1.33 bits per heavy atom. The molecule has 0 aliphatic carbocycles. The number of ether oxygens (including phenoxy) is 1. The van der Waals surface area contributed by atoms with Crippen LogP contribution in [-0.2, 0) is 12.1 Å².